The molecule has 0 amide bonds. The molecule has 0 spiro atoms. The maximum absolute atomic E-state index is 12.9. The van der Waals surface area contributed by atoms with Crippen molar-refractivity contribution in [2.24, 2.45) is 5.92 Å². The van der Waals surface area contributed by atoms with E-state index in [4.69, 9.17) is 4.74 Å². The molecule has 0 aliphatic carbocycles. The monoisotopic (exact) mass is 421 g/mol. The van der Waals surface area contributed by atoms with Crippen LogP contribution in [0.1, 0.15) is 35.3 Å². The van der Waals surface area contributed by atoms with Crippen molar-refractivity contribution in [3.63, 3.8) is 0 Å². The molecule has 0 aliphatic heterocycles. The molecule has 156 valence electrons. The van der Waals surface area contributed by atoms with Crippen LogP contribution >= 0.6 is 0 Å². The summed E-state index contributed by atoms with van der Waals surface area (Å²) in [4.78, 5) is 24.6. The number of ketones is 1. The average Bonchev–Trinajstić information content (AvgIpc) is 2.66. The molecule has 0 aromatic heterocycles. The van der Waals surface area contributed by atoms with Crippen LogP contribution in [-0.2, 0) is 19.6 Å². The van der Waals surface area contributed by atoms with Crippen LogP contribution in [0.3, 0.4) is 0 Å². The van der Waals surface area contributed by atoms with Gasteiger partial charge in [-0.25, -0.2) is 12.8 Å². The fourth-order valence-electron chi connectivity index (χ4n) is 2.52. The number of hydrogen-bond acceptors (Lipinski definition) is 5. The third kappa shape index (κ3) is 5.95. The highest BCUT2D eigenvalue weighted by Gasteiger charge is 2.30. The summed E-state index contributed by atoms with van der Waals surface area (Å²) in [6, 6.07) is 8.34. The minimum atomic E-state index is -3.96. The Bertz CT molecular complexity index is 1000. The zero-order valence-corrected chi connectivity index (χ0v) is 17.5. The molecule has 0 fully saturated rings. The van der Waals surface area contributed by atoms with Crippen molar-refractivity contribution in [1.82, 2.24) is 4.72 Å². The highest BCUT2D eigenvalue weighted by atomic mass is 32.2. The van der Waals surface area contributed by atoms with E-state index in [2.05, 4.69) is 4.72 Å². The molecule has 6 nitrogen and oxygen atoms in total. The van der Waals surface area contributed by atoms with Crippen LogP contribution in [0.2, 0.25) is 0 Å². The van der Waals surface area contributed by atoms with Gasteiger partial charge in [0.05, 0.1) is 4.90 Å². The number of nitrogens with one attached hydrogen (secondary N) is 1. The van der Waals surface area contributed by atoms with Gasteiger partial charge in [-0.15, -0.1) is 0 Å². The summed E-state index contributed by atoms with van der Waals surface area (Å²) >= 11 is 0. The summed E-state index contributed by atoms with van der Waals surface area (Å²) in [6.07, 6.45) is 0. The van der Waals surface area contributed by atoms with Crippen molar-refractivity contribution in [2.45, 2.75) is 38.6 Å². The smallest absolute Gasteiger partial charge is 0.324 e. The molecule has 2 rings (SSSR count). The van der Waals surface area contributed by atoms with E-state index >= 15 is 0 Å². The van der Waals surface area contributed by atoms with Gasteiger partial charge in [-0.05, 0) is 67.3 Å². The van der Waals surface area contributed by atoms with Crippen LogP contribution in [0.25, 0.3) is 0 Å². The Morgan fingerprint density at radius 2 is 1.66 bits per heavy atom. The molecule has 0 heterocycles. The lowest BCUT2D eigenvalue weighted by Gasteiger charge is -2.21. The molecule has 2 aromatic carbocycles. The summed E-state index contributed by atoms with van der Waals surface area (Å²) in [5.41, 5.74) is 1.94. The number of carbonyl (C=O) groups excluding carboxylic acids is 2. The van der Waals surface area contributed by atoms with Crippen LogP contribution in [-0.4, -0.2) is 32.8 Å². The van der Waals surface area contributed by atoms with Gasteiger partial charge >= 0.3 is 5.97 Å². The third-order valence-corrected chi connectivity index (χ3v) is 5.94. The van der Waals surface area contributed by atoms with Crippen molar-refractivity contribution in [3.8, 4) is 0 Å². The Morgan fingerprint density at radius 3 is 2.21 bits per heavy atom. The lowest BCUT2D eigenvalue weighted by Crippen LogP contribution is -2.45. The summed E-state index contributed by atoms with van der Waals surface area (Å²) < 4.78 is 45.7. The quantitative estimate of drug-likeness (QED) is 0.522. The van der Waals surface area contributed by atoms with Crippen molar-refractivity contribution in [2.75, 3.05) is 6.61 Å². The first-order valence-electron chi connectivity index (χ1n) is 9.06. The number of hydrogen-bond donors (Lipinski definition) is 1. The zero-order chi connectivity index (χ0) is 21.8. The van der Waals surface area contributed by atoms with Gasteiger partial charge in [0.15, 0.2) is 12.4 Å². The Labute approximate surface area is 170 Å². The molecule has 0 radical (unpaired) electrons. The number of ether oxygens (including phenoxy) is 1. The molecule has 29 heavy (non-hydrogen) atoms. The zero-order valence-electron chi connectivity index (χ0n) is 16.7. The highest BCUT2D eigenvalue weighted by Crippen LogP contribution is 2.17. The van der Waals surface area contributed by atoms with Crippen LogP contribution in [0.5, 0.6) is 0 Å². The predicted octanol–water partition coefficient (Wildman–Crippen LogP) is 3.17. The number of benzene rings is 2. The normalized spacial score (nSPS) is 12.6. The largest absolute Gasteiger partial charge is 0.456 e. The van der Waals surface area contributed by atoms with E-state index in [0.29, 0.717) is 0 Å². The van der Waals surface area contributed by atoms with Crippen LogP contribution < -0.4 is 4.72 Å². The van der Waals surface area contributed by atoms with Gasteiger partial charge in [0.1, 0.15) is 11.9 Å². The molecular weight excluding hydrogens is 397 g/mol. The van der Waals surface area contributed by atoms with Gasteiger partial charge in [0.2, 0.25) is 10.0 Å². The van der Waals surface area contributed by atoms with E-state index < -0.39 is 46.2 Å². The first-order chi connectivity index (χ1) is 13.5. The fraction of sp³-hybridized carbons (Fsp3) is 0.333. The predicted molar refractivity (Wildman–Crippen MR) is 107 cm³/mol. The van der Waals surface area contributed by atoms with E-state index in [1.807, 2.05) is 6.92 Å². The van der Waals surface area contributed by atoms with E-state index in [1.54, 1.807) is 26.8 Å². The molecule has 1 atom stereocenters. The standard InChI is InChI=1S/C21H24FNO5S/c1-13(2)20(23-29(26,27)18-10-5-14(3)15(4)11-18)21(25)28-12-19(24)16-6-8-17(22)9-7-16/h5-11,13,20,23H,12H2,1-4H3/t20-/m1/s1. The average molecular weight is 421 g/mol. The van der Waals surface area contributed by atoms with E-state index in [-0.39, 0.29) is 10.5 Å². The van der Waals surface area contributed by atoms with Gasteiger partial charge in [-0.1, -0.05) is 19.9 Å². The molecule has 1 N–H and O–H groups in total. The molecule has 0 unspecified atom stereocenters. The molecular formula is C21H24FNO5S. The minimum absolute atomic E-state index is 0.0430. The number of halogens is 1. The van der Waals surface area contributed by atoms with Gasteiger partial charge in [-0.3, -0.25) is 9.59 Å². The Balaban J connectivity index is 2.09. The molecule has 8 heteroatoms. The third-order valence-electron chi connectivity index (χ3n) is 4.50. The second-order valence-corrected chi connectivity index (χ2v) is 8.84. The second-order valence-electron chi connectivity index (χ2n) is 7.13. The number of aryl methyl sites for hydroxylation is 2. The first-order valence-corrected chi connectivity index (χ1v) is 10.5. The molecule has 0 bridgehead atoms. The Kier molecular flexibility index (Phi) is 7.26. The lowest BCUT2D eigenvalue weighted by molar-refractivity contribution is -0.145. The van der Waals surface area contributed by atoms with Gasteiger partial charge in [-0.2, -0.15) is 4.72 Å². The SMILES string of the molecule is Cc1ccc(S(=O)(=O)N[C@@H](C(=O)OCC(=O)c2ccc(F)cc2)C(C)C)cc1C. The Hall–Kier alpha value is -2.58. The summed E-state index contributed by atoms with van der Waals surface area (Å²) in [5, 5.41) is 0. The number of rotatable bonds is 8. The van der Waals surface area contributed by atoms with E-state index in [0.717, 1.165) is 23.3 Å². The number of sulfonamides is 1. The Morgan fingerprint density at radius 1 is 1.03 bits per heavy atom. The maximum Gasteiger partial charge on any atom is 0.324 e. The van der Waals surface area contributed by atoms with E-state index in [9.17, 15) is 22.4 Å². The summed E-state index contributed by atoms with van der Waals surface area (Å²) in [6.45, 7) is 6.42. The second kappa shape index (κ2) is 9.28. The molecule has 0 aliphatic rings. The van der Waals surface area contributed by atoms with Gasteiger partial charge < -0.3 is 4.74 Å². The fourth-order valence-corrected chi connectivity index (χ4v) is 3.94. The number of esters is 1. The lowest BCUT2D eigenvalue weighted by atomic mass is 10.1. The summed E-state index contributed by atoms with van der Waals surface area (Å²) in [5.74, 6) is -2.27. The minimum Gasteiger partial charge on any atom is -0.456 e. The highest BCUT2D eigenvalue weighted by molar-refractivity contribution is 7.89. The maximum atomic E-state index is 12.9. The van der Waals surface area contributed by atoms with Crippen molar-refractivity contribution in [1.29, 1.82) is 0 Å². The summed E-state index contributed by atoms with van der Waals surface area (Å²) in [7, 11) is -3.96. The first kappa shape index (κ1) is 22.7. The van der Waals surface area contributed by atoms with Crippen molar-refractivity contribution >= 4 is 21.8 Å². The van der Waals surface area contributed by atoms with Crippen LogP contribution in [0, 0.1) is 25.6 Å². The van der Waals surface area contributed by atoms with Gasteiger partial charge in [0.25, 0.3) is 0 Å². The molecule has 2 aromatic rings. The van der Waals surface area contributed by atoms with Crippen molar-refractivity contribution < 1.29 is 27.1 Å². The van der Waals surface area contributed by atoms with Crippen molar-refractivity contribution in [3.05, 3.63) is 65.0 Å². The van der Waals surface area contributed by atoms with Crippen LogP contribution in [0.4, 0.5) is 4.39 Å². The number of carbonyl (C=O) groups is 2. The molecule has 0 saturated heterocycles. The topological polar surface area (TPSA) is 89.5 Å². The molecule has 0 saturated carbocycles. The van der Waals surface area contributed by atoms with Gasteiger partial charge in [0, 0.05) is 5.56 Å². The van der Waals surface area contributed by atoms with Crippen LogP contribution in [0.15, 0.2) is 47.4 Å². The number of Topliss-reactive ketones (excluding diaryl/α,β-unsaturated/α-hetero) is 1. The van der Waals surface area contributed by atoms with E-state index in [1.165, 1.54) is 24.3 Å².